The summed E-state index contributed by atoms with van der Waals surface area (Å²) in [4.78, 5) is 2.47. The van der Waals surface area contributed by atoms with E-state index in [-0.39, 0.29) is 5.41 Å². The molecule has 0 spiro atoms. The Bertz CT molecular complexity index is 3070. The minimum atomic E-state index is -0.451. The van der Waals surface area contributed by atoms with E-state index < -0.39 is 5.41 Å². The molecule has 0 saturated heterocycles. The van der Waals surface area contributed by atoms with E-state index in [1.165, 1.54) is 77.6 Å². The quantitative estimate of drug-likeness (QED) is 0.148. The van der Waals surface area contributed by atoms with Crippen LogP contribution >= 0.6 is 0 Å². The molecule has 0 aliphatic heterocycles. The highest BCUT2D eigenvalue weighted by atomic mass is 15.1. The van der Waals surface area contributed by atoms with Crippen LogP contribution in [-0.4, -0.2) is 0 Å². The molecule has 0 fully saturated rings. The molecule has 0 aromatic heterocycles. The number of allylic oxidation sites excluding steroid dienone is 9. The summed E-state index contributed by atoms with van der Waals surface area (Å²) in [5.41, 5.74) is 19.8. The van der Waals surface area contributed by atoms with E-state index in [0.717, 1.165) is 48.3 Å². The van der Waals surface area contributed by atoms with Crippen molar-refractivity contribution < 1.29 is 0 Å². The Morgan fingerprint density at radius 2 is 1.31 bits per heavy atom. The minimum absolute atomic E-state index is 0.104. The van der Waals surface area contributed by atoms with Crippen LogP contribution in [0.15, 0.2) is 206 Å². The fraction of sp³-hybridized carbons (Fsp3) is 0.133. The largest absolute Gasteiger partial charge is 0.310 e. The molecule has 1 atom stereocenters. The maximum absolute atomic E-state index is 4.26. The van der Waals surface area contributed by atoms with Gasteiger partial charge in [-0.2, -0.15) is 0 Å². The lowest BCUT2D eigenvalue weighted by Crippen LogP contribution is -2.29. The number of rotatable bonds is 8. The summed E-state index contributed by atoms with van der Waals surface area (Å²) in [5.74, 6) is 0. The number of fused-ring (bicyclic) bond motifs is 7. The van der Waals surface area contributed by atoms with Crippen LogP contribution in [0.4, 0.5) is 17.1 Å². The van der Waals surface area contributed by atoms with Crippen molar-refractivity contribution in [2.24, 2.45) is 0 Å². The lowest BCUT2D eigenvalue weighted by Gasteiger charge is -2.36. The van der Waals surface area contributed by atoms with E-state index in [2.05, 4.69) is 220 Å². The summed E-state index contributed by atoms with van der Waals surface area (Å²) in [6, 6.07) is 57.0. The van der Waals surface area contributed by atoms with Crippen molar-refractivity contribution in [3.8, 4) is 11.1 Å². The molecule has 7 aromatic carbocycles. The van der Waals surface area contributed by atoms with E-state index in [0.29, 0.717) is 0 Å². The van der Waals surface area contributed by atoms with E-state index in [4.69, 9.17) is 0 Å². The Balaban J connectivity index is 1.11. The predicted molar refractivity (Wildman–Crippen MR) is 260 cm³/mol. The van der Waals surface area contributed by atoms with Gasteiger partial charge in [0.2, 0.25) is 0 Å². The van der Waals surface area contributed by atoms with Crippen LogP contribution < -0.4 is 4.90 Å². The zero-order valence-corrected chi connectivity index (χ0v) is 35.0. The SMILES string of the molecule is C=CC1=C(/C=C/c2cccc(N(c3ccc4c(c3)C(C3=CCCC=C3)(c3ccccc3)c3ccccc3-4)c3ccc4c5c(ccc4c3)CCC=C5)c2)c2ccccc2C1(C)C. The van der Waals surface area contributed by atoms with Gasteiger partial charge in [0.25, 0.3) is 0 Å². The minimum Gasteiger partial charge on any atom is -0.310 e. The lowest BCUT2D eigenvalue weighted by molar-refractivity contribution is 0.654. The normalized spacial score (nSPS) is 18.2. The van der Waals surface area contributed by atoms with Gasteiger partial charge in [0, 0.05) is 22.5 Å². The van der Waals surface area contributed by atoms with Crippen LogP contribution in [0, 0.1) is 0 Å². The molecule has 4 aliphatic carbocycles. The number of hydrogen-bond acceptors (Lipinski definition) is 1. The van der Waals surface area contributed by atoms with Crippen molar-refractivity contribution >= 4 is 45.6 Å². The summed E-state index contributed by atoms with van der Waals surface area (Å²) < 4.78 is 0. The van der Waals surface area contributed by atoms with Crippen molar-refractivity contribution in [1.29, 1.82) is 0 Å². The maximum atomic E-state index is 4.26. The monoisotopic (exact) mass is 783 g/mol. The molecule has 0 heterocycles. The predicted octanol–water partition coefficient (Wildman–Crippen LogP) is 15.8. The van der Waals surface area contributed by atoms with Crippen LogP contribution in [0.2, 0.25) is 0 Å². The fourth-order valence-corrected chi connectivity index (χ4v) is 11.0. The highest BCUT2D eigenvalue weighted by molar-refractivity contribution is 5.97. The van der Waals surface area contributed by atoms with Crippen LogP contribution in [0.3, 0.4) is 0 Å². The molecule has 11 rings (SSSR count). The first-order valence-corrected chi connectivity index (χ1v) is 21.9. The van der Waals surface area contributed by atoms with Crippen molar-refractivity contribution in [3.63, 3.8) is 0 Å². The van der Waals surface area contributed by atoms with Gasteiger partial charge < -0.3 is 4.90 Å². The first-order valence-electron chi connectivity index (χ1n) is 21.9. The summed E-state index contributed by atoms with van der Waals surface area (Å²) in [6.07, 6.45) is 22.8. The van der Waals surface area contributed by atoms with Crippen LogP contribution in [-0.2, 0) is 17.3 Å². The number of nitrogens with zero attached hydrogens (tertiary/aromatic N) is 1. The molecule has 1 unspecified atom stereocenters. The Morgan fingerprint density at radius 3 is 2.15 bits per heavy atom. The van der Waals surface area contributed by atoms with Gasteiger partial charge in [-0.25, -0.2) is 0 Å². The van der Waals surface area contributed by atoms with Crippen molar-refractivity contribution in [3.05, 3.63) is 250 Å². The van der Waals surface area contributed by atoms with E-state index >= 15 is 0 Å². The second-order valence-electron chi connectivity index (χ2n) is 17.5. The van der Waals surface area contributed by atoms with Crippen molar-refractivity contribution in [2.45, 2.75) is 50.4 Å². The Hall–Kier alpha value is -6.96. The van der Waals surface area contributed by atoms with E-state index in [9.17, 15) is 0 Å². The zero-order chi connectivity index (χ0) is 41.1. The number of hydrogen-bond donors (Lipinski definition) is 0. The van der Waals surface area contributed by atoms with E-state index in [1.807, 2.05) is 6.08 Å². The number of benzene rings is 7. The van der Waals surface area contributed by atoms with Gasteiger partial charge in [0.05, 0.1) is 5.41 Å². The van der Waals surface area contributed by atoms with Gasteiger partial charge in [-0.15, -0.1) is 0 Å². The topological polar surface area (TPSA) is 3.24 Å². The molecular formula is C60H49N. The van der Waals surface area contributed by atoms with Crippen LogP contribution in [0.5, 0.6) is 0 Å². The molecule has 1 nitrogen and oxygen atoms in total. The van der Waals surface area contributed by atoms with Gasteiger partial charge in [-0.1, -0.05) is 184 Å². The Kier molecular flexibility index (Phi) is 8.90. The van der Waals surface area contributed by atoms with Crippen molar-refractivity contribution in [2.75, 3.05) is 4.90 Å². The molecule has 294 valence electrons. The molecule has 61 heavy (non-hydrogen) atoms. The van der Waals surface area contributed by atoms with Gasteiger partial charge in [-0.05, 0) is 145 Å². The fourth-order valence-electron chi connectivity index (χ4n) is 11.0. The smallest absolute Gasteiger partial charge is 0.0711 e. The third-order valence-corrected chi connectivity index (χ3v) is 13.8. The van der Waals surface area contributed by atoms with E-state index in [1.54, 1.807) is 0 Å². The third kappa shape index (κ3) is 5.82. The maximum Gasteiger partial charge on any atom is 0.0711 e. The lowest BCUT2D eigenvalue weighted by atomic mass is 9.66. The highest BCUT2D eigenvalue weighted by Gasteiger charge is 2.47. The molecule has 0 saturated carbocycles. The molecule has 0 bridgehead atoms. The molecule has 7 aromatic rings. The molecule has 0 N–H and O–H groups in total. The zero-order valence-electron chi connectivity index (χ0n) is 35.0. The highest BCUT2D eigenvalue weighted by Crippen LogP contribution is 2.58. The summed E-state index contributed by atoms with van der Waals surface area (Å²) in [5, 5.41) is 2.56. The average Bonchev–Trinajstić information content (AvgIpc) is 3.73. The van der Waals surface area contributed by atoms with Gasteiger partial charge >= 0.3 is 0 Å². The summed E-state index contributed by atoms with van der Waals surface area (Å²) in [7, 11) is 0. The Morgan fingerprint density at radius 1 is 0.574 bits per heavy atom. The summed E-state index contributed by atoms with van der Waals surface area (Å²) >= 11 is 0. The standard InChI is InChI=1S/C60H49N/c1-4-55-53(51-26-13-15-28-56(51)59(55,2)3)35-30-41-18-17-24-46(38-41)61(47-33-36-50-43(39-47)32-31-42-19-11-12-25-49(42)50)48-34-37-54-52-27-14-16-29-57(52)60(58(54)40-48,44-20-7-5-8-21-44)45-22-9-6-10-23-45/h4-5,7-9,12-18,20-40H,1,6,10-11,19H2,2-3H3/b35-30+. The second kappa shape index (κ2) is 14.6. The average molecular weight is 784 g/mol. The van der Waals surface area contributed by atoms with Gasteiger partial charge in [0.1, 0.15) is 0 Å². The number of anilines is 3. The molecule has 4 aliphatic rings. The Labute approximate surface area is 360 Å². The first kappa shape index (κ1) is 37.1. The van der Waals surface area contributed by atoms with Crippen LogP contribution in [0.25, 0.3) is 39.6 Å². The molecule has 1 heteroatoms. The second-order valence-corrected chi connectivity index (χ2v) is 17.5. The summed E-state index contributed by atoms with van der Waals surface area (Å²) in [6.45, 7) is 8.88. The molecule has 0 amide bonds. The number of aryl methyl sites for hydroxylation is 1. The molecular weight excluding hydrogens is 735 g/mol. The first-order chi connectivity index (χ1) is 30.0. The van der Waals surface area contributed by atoms with Gasteiger partial charge in [0.15, 0.2) is 0 Å². The third-order valence-electron chi connectivity index (χ3n) is 13.8. The van der Waals surface area contributed by atoms with Gasteiger partial charge in [-0.3, -0.25) is 0 Å². The van der Waals surface area contributed by atoms with Crippen LogP contribution in [0.1, 0.15) is 77.6 Å². The molecule has 0 radical (unpaired) electrons. The van der Waals surface area contributed by atoms with Crippen molar-refractivity contribution in [1.82, 2.24) is 0 Å².